The third kappa shape index (κ3) is 3.44. The van der Waals surface area contributed by atoms with E-state index in [1.165, 1.54) is 0 Å². The average Bonchev–Trinajstić information content (AvgIpc) is 2.33. The third-order valence-corrected chi connectivity index (χ3v) is 2.80. The Balaban J connectivity index is 2.97. The molecule has 1 rings (SSSR count). The predicted octanol–water partition coefficient (Wildman–Crippen LogP) is 1.68. The molecule has 1 atom stereocenters. The van der Waals surface area contributed by atoms with Crippen LogP contribution in [0.25, 0.3) is 0 Å². The highest BCUT2D eigenvalue weighted by atomic mass is 19.2. The van der Waals surface area contributed by atoms with Crippen LogP contribution in [0.1, 0.15) is 11.6 Å². The summed E-state index contributed by atoms with van der Waals surface area (Å²) in [6.07, 6.45) is 0. The van der Waals surface area contributed by atoms with Crippen molar-refractivity contribution in [3.63, 3.8) is 0 Å². The molecule has 6 heteroatoms. The molecular weight excluding hydrogens is 245 g/mol. The van der Waals surface area contributed by atoms with E-state index >= 15 is 0 Å². The fraction of sp³-hybridized carbons (Fsp3) is 0.500. The molecule has 0 saturated carbocycles. The molecule has 1 aromatic rings. The van der Waals surface area contributed by atoms with Crippen molar-refractivity contribution in [2.75, 3.05) is 33.9 Å². The second-order valence-electron chi connectivity index (χ2n) is 4.01. The van der Waals surface area contributed by atoms with Crippen LogP contribution >= 0.6 is 0 Å². The van der Waals surface area contributed by atoms with E-state index in [2.05, 4.69) is 0 Å². The van der Waals surface area contributed by atoms with Crippen molar-refractivity contribution in [2.45, 2.75) is 6.04 Å². The van der Waals surface area contributed by atoms with Crippen LogP contribution in [0.4, 0.5) is 13.2 Å². The second kappa shape index (κ2) is 6.72. The molecule has 0 radical (unpaired) electrons. The van der Waals surface area contributed by atoms with Crippen molar-refractivity contribution in [2.24, 2.45) is 5.73 Å². The first-order chi connectivity index (χ1) is 8.51. The van der Waals surface area contributed by atoms with E-state index in [0.717, 1.165) is 6.07 Å². The molecule has 0 spiro atoms. The predicted molar refractivity (Wildman–Crippen MR) is 62.6 cm³/mol. The lowest BCUT2D eigenvalue weighted by molar-refractivity contribution is 0.139. The molecule has 0 bridgehead atoms. The summed E-state index contributed by atoms with van der Waals surface area (Å²) in [6, 6.07) is 0.874. The van der Waals surface area contributed by atoms with Gasteiger partial charge >= 0.3 is 0 Å². The van der Waals surface area contributed by atoms with Crippen LogP contribution in [-0.4, -0.2) is 38.8 Å². The van der Waals surface area contributed by atoms with Crippen LogP contribution < -0.4 is 5.73 Å². The molecule has 18 heavy (non-hydrogen) atoms. The van der Waals surface area contributed by atoms with Gasteiger partial charge in [0.15, 0.2) is 11.6 Å². The van der Waals surface area contributed by atoms with Gasteiger partial charge in [0.1, 0.15) is 5.82 Å². The Labute approximate surface area is 104 Å². The maximum absolute atomic E-state index is 13.6. The van der Waals surface area contributed by atoms with Crippen molar-refractivity contribution in [3.8, 4) is 0 Å². The molecule has 2 N–H and O–H groups in total. The Morgan fingerprint density at radius 2 is 1.83 bits per heavy atom. The Bertz CT molecular complexity index is 401. The summed E-state index contributed by atoms with van der Waals surface area (Å²) in [5.41, 5.74) is 5.62. The summed E-state index contributed by atoms with van der Waals surface area (Å²) in [7, 11) is 3.26. The lowest BCUT2D eigenvalue weighted by Gasteiger charge is -2.27. The van der Waals surface area contributed by atoms with Crippen molar-refractivity contribution in [1.82, 2.24) is 4.90 Å². The van der Waals surface area contributed by atoms with E-state index in [-0.39, 0.29) is 12.1 Å². The number of hydrogen-bond donors (Lipinski definition) is 1. The topological polar surface area (TPSA) is 38.5 Å². The molecule has 0 aliphatic heterocycles. The number of halogens is 3. The smallest absolute Gasteiger partial charge is 0.161 e. The van der Waals surface area contributed by atoms with Gasteiger partial charge in [0.25, 0.3) is 0 Å². The molecule has 1 aromatic carbocycles. The Morgan fingerprint density at radius 3 is 2.39 bits per heavy atom. The van der Waals surface area contributed by atoms with Gasteiger partial charge in [-0.3, -0.25) is 4.90 Å². The van der Waals surface area contributed by atoms with Gasteiger partial charge in [0.2, 0.25) is 0 Å². The maximum Gasteiger partial charge on any atom is 0.161 e. The molecule has 0 amide bonds. The zero-order chi connectivity index (χ0) is 13.7. The molecule has 0 aliphatic carbocycles. The molecular formula is C12H17F3N2O. The van der Waals surface area contributed by atoms with E-state index < -0.39 is 23.5 Å². The third-order valence-electron chi connectivity index (χ3n) is 2.80. The molecule has 102 valence electrons. The number of ether oxygens (including phenoxy) is 1. The molecule has 3 nitrogen and oxygen atoms in total. The lowest BCUT2D eigenvalue weighted by Crippen LogP contribution is -2.33. The van der Waals surface area contributed by atoms with Crippen molar-refractivity contribution >= 4 is 0 Å². The fourth-order valence-electron chi connectivity index (χ4n) is 1.73. The average molecular weight is 262 g/mol. The summed E-state index contributed by atoms with van der Waals surface area (Å²) in [5, 5.41) is 0. The van der Waals surface area contributed by atoms with E-state index in [1.54, 1.807) is 19.1 Å². The molecule has 0 fully saturated rings. The minimum Gasteiger partial charge on any atom is -0.383 e. The molecule has 0 aliphatic rings. The highest BCUT2D eigenvalue weighted by Crippen LogP contribution is 2.23. The number of rotatable bonds is 6. The SMILES string of the molecule is COCCN(C)C(CN)c1cc(F)c(F)cc1F. The summed E-state index contributed by atoms with van der Waals surface area (Å²) in [6.45, 7) is 1.05. The largest absolute Gasteiger partial charge is 0.383 e. The normalized spacial score (nSPS) is 13.1. The van der Waals surface area contributed by atoms with Gasteiger partial charge in [-0.15, -0.1) is 0 Å². The summed E-state index contributed by atoms with van der Waals surface area (Å²) in [5.74, 6) is -3.08. The fourth-order valence-corrected chi connectivity index (χ4v) is 1.73. The quantitative estimate of drug-likeness (QED) is 0.793. The van der Waals surface area contributed by atoms with Crippen LogP contribution in [0.2, 0.25) is 0 Å². The van der Waals surface area contributed by atoms with Crippen molar-refractivity contribution in [3.05, 3.63) is 35.1 Å². The van der Waals surface area contributed by atoms with Crippen molar-refractivity contribution in [1.29, 1.82) is 0 Å². The van der Waals surface area contributed by atoms with Gasteiger partial charge in [-0.2, -0.15) is 0 Å². The number of hydrogen-bond acceptors (Lipinski definition) is 3. The first-order valence-corrected chi connectivity index (χ1v) is 5.55. The highest BCUT2D eigenvalue weighted by molar-refractivity contribution is 5.23. The summed E-state index contributed by atoms with van der Waals surface area (Å²) >= 11 is 0. The lowest BCUT2D eigenvalue weighted by atomic mass is 10.0. The first-order valence-electron chi connectivity index (χ1n) is 5.55. The van der Waals surface area contributed by atoms with Crippen LogP contribution in [0.5, 0.6) is 0 Å². The van der Waals surface area contributed by atoms with E-state index in [4.69, 9.17) is 10.5 Å². The number of nitrogens with two attached hydrogens (primary N) is 1. The highest BCUT2D eigenvalue weighted by Gasteiger charge is 2.21. The van der Waals surface area contributed by atoms with Gasteiger partial charge < -0.3 is 10.5 Å². The number of nitrogens with zero attached hydrogens (tertiary/aromatic N) is 1. The van der Waals surface area contributed by atoms with E-state index in [0.29, 0.717) is 19.2 Å². The van der Waals surface area contributed by atoms with Gasteiger partial charge in [-0.25, -0.2) is 13.2 Å². The molecule has 1 unspecified atom stereocenters. The Hall–Kier alpha value is -1.11. The van der Waals surface area contributed by atoms with E-state index in [9.17, 15) is 13.2 Å². The zero-order valence-corrected chi connectivity index (χ0v) is 10.4. The molecule has 0 heterocycles. The van der Waals surface area contributed by atoms with Crippen LogP contribution in [0.15, 0.2) is 12.1 Å². The summed E-state index contributed by atoms with van der Waals surface area (Å²) in [4.78, 5) is 1.74. The molecule has 0 aromatic heterocycles. The number of benzene rings is 1. The zero-order valence-electron chi connectivity index (χ0n) is 10.4. The first kappa shape index (κ1) is 14.9. The second-order valence-corrected chi connectivity index (χ2v) is 4.01. The van der Waals surface area contributed by atoms with E-state index in [1.807, 2.05) is 0 Å². The van der Waals surface area contributed by atoms with Gasteiger partial charge in [0.05, 0.1) is 6.61 Å². The minimum atomic E-state index is -1.20. The monoisotopic (exact) mass is 262 g/mol. The number of methoxy groups -OCH3 is 1. The van der Waals surface area contributed by atoms with Crippen LogP contribution in [0.3, 0.4) is 0 Å². The maximum atomic E-state index is 13.6. The number of likely N-dealkylation sites (N-methyl/N-ethyl adjacent to an activating group) is 1. The van der Waals surface area contributed by atoms with Gasteiger partial charge in [-0.05, 0) is 13.1 Å². The molecule has 0 saturated heterocycles. The standard InChI is InChI=1S/C12H17F3N2O/c1-17(3-4-18-2)12(7-16)8-5-10(14)11(15)6-9(8)13/h5-6,12H,3-4,7,16H2,1-2H3. The summed E-state index contributed by atoms with van der Waals surface area (Å²) < 4.78 is 44.5. The van der Waals surface area contributed by atoms with Gasteiger partial charge in [0, 0.05) is 37.9 Å². The Morgan fingerprint density at radius 1 is 1.22 bits per heavy atom. The van der Waals surface area contributed by atoms with Gasteiger partial charge in [-0.1, -0.05) is 0 Å². The minimum absolute atomic E-state index is 0.0509. The Kier molecular flexibility index (Phi) is 5.58. The van der Waals surface area contributed by atoms with Crippen LogP contribution in [0, 0.1) is 17.5 Å². The van der Waals surface area contributed by atoms with Crippen molar-refractivity contribution < 1.29 is 17.9 Å². The van der Waals surface area contributed by atoms with Crippen LogP contribution in [-0.2, 0) is 4.74 Å².